The van der Waals surface area contributed by atoms with E-state index in [0.717, 1.165) is 33.0 Å². The number of ketones is 3. The number of nitrogens with two attached hydrogens (primary N) is 1. The Balaban J connectivity index is 2.77. The number of carbonyl (C=O) groups excluding carboxylic acids is 3. The van der Waals surface area contributed by atoms with E-state index >= 15 is 0 Å². The van der Waals surface area contributed by atoms with Gasteiger partial charge in [0, 0.05) is 6.20 Å². The number of hydrogen-bond acceptors (Lipinski definition) is 11. The monoisotopic (exact) mass is 370 g/mol. The third kappa shape index (κ3) is 2.50. The number of hydrogen-bond donors (Lipinski definition) is 4. The first kappa shape index (κ1) is 19.7. The molecule has 1 aromatic heterocycles. The summed E-state index contributed by atoms with van der Waals surface area (Å²) in [6.07, 6.45) is -3.20. The summed E-state index contributed by atoms with van der Waals surface area (Å²) < 4.78 is 0.471. The van der Waals surface area contributed by atoms with Gasteiger partial charge in [0.15, 0.2) is 23.5 Å². The number of aliphatic hydroxyl groups excluding tert-OH is 1. The minimum atomic E-state index is -3.14. The van der Waals surface area contributed by atoms with E-state index in [4.69, 9.17) is 10.6 Å². The maximum atomic E-state index is 12.2. The van der Waals surface area contributed by atoms with Crippen molar-refractivity contribution in [2.75, 3.05) is 10.9 Å². The molecule has 0 saturated carbocycles. The summed E-state index contributed by atoms with van der Waals surface area (Å²) in [7, 11) is 0. The maximum Gasteiger partial charge on any atom is 0.370 e. The van der Waals surface area contributed by atoms with Gasteiger partial charge in [0.25, 0.3) is 5.72 Å². The van der Waals surface area contributed by atoms with Crippen LogP contribution in [-0.2, 0) is 19.2 Å². The number of carbonyl (C=O) groups is 3. The summed E-state index contributed by atoms with van der Waals surface area (Å²) in [6.45, 7) is 2.59. The van der Waals surface area contributed by atoms with Gasteiger partial charge in [-0.05, 0) is 26.8 Å². The molecule has 0 aromatic carbocycles. The Morgan fingerprint density at radius 3 is 2.27 bits per heavy atom. The average molecular weight is 370 g/mol. The first-order valence-electron chi connectivity index (χ1n) is 7.36. The van der Waals surface area contributed by atoms with Crippen LogP contribution in [0.15, 0.2) is 17.1 Å². The highest BCUT2D eigenvalue weighted by atomic mass is 16.8. The van der Waals surface area contributed by atoms with Crippen LogP contribution >= 0.6 is 0 Å². The van der Waals surface area contributed by atoms with Crippen molar-refractivity contribution in [1.29, 1.82) is 0 Å². The molecule has 1 saturated heterocycles. The quantitative estimate of drug-likeness (QED) is 0.405. The van der Waals surface area contributed by atoms with Gasteiger partial charge in [-0.15, -0.1) is 5.17 Å². The Hall–Kier alpha value is -2.67. The number of anilines is 1. The van der Waals surface area contributed by atoms with Gasteiger partial charge in [-0.25, -0.2) is 9.63 Å². The molecule has 12 nitrogen and oxygen atoms in total. The highest BCUT2D eigenvalue weighted by molar-refractivity contribution is 6.00. The number of nitrogen functional groups attached to an aromatic ring is 1. The summed E-state index contributed by atoms with van der Waals surface area (Å²) in [6, 6.07) is 1.12. The average Bonchev–Trinajstić information content (AvgIpc) is 2.78. The minimum absolute atomic E-state index is 0.182. The van der Waals surface area contributed by atoms with Crippen molar-refractivity contribution in [3.05, 3.63) is 22.7 Å². The molecule has 26 heavy (non-hydrogen) atoms. The first-order chi connectivity index (χ1) is 11.9. The summed E-state index contributed by atoms with van der Waals surface area (Å²) in [5.74, 6) is -3.47. The molecule has 12 heteroatoms. The van der Waals surface area contributed by atoms with Gasteiger partial charge < -0.3 is 21.1 Å². The van der Waals surface area contributed by atoms with E-state index in [9.17, 15) is 34.5 Å². The Bertz CT molecular complexity index is 838. The fraction of sp³-hybridized carbons (Fsp3) is 0.500. The van der Waals surface area contributed by atoms with E-state index in [1.807, 2.05) is 0 Å². The molecule has 1 unspecified atom stereocenters. The highest BCUT2D eigenvalue weighted by Gasteiger charge is 2.73. The third-order valence-electron chi connectivity index (χ3n) is 4.17. The van der Waals surface area contributed by atoms with E-state index in [1.165, 1.54) is 0 Å². The van der Waals surface area contributed by atoms with Crippen LogP contribution < -0.4 is 16.6 Å². The molecular formula is C14H18N4O8. The number of aliphatic hydroxyl groups is 3. The first-order valence-corrected chi connectivity index (χ1v) is 7.36. The topological polar surface area (TPSA) is 185 Å². The highest BCUT2D eigenvalue weighted by Crippen LogP contribution is 2.40. The molecule has 1 aliphatic rings. The van der Waals surface area contributed by atoms with Crippen molar-refractivity contribution in [1.82, 2.24) is 9.66 Å². The van der Waals surface area contributed by atoms with E-state index < -0.39 is 46.6 Å². The number of Topliss-reactive ketones (excluding diaryl/α,β-unsaturated/α-hetero) is 3. The fourth-order valence-electron chi connectivity index (χ4n) is 2.71. The molecule has 1 fully saturated rings. The van der Waals surface area contributed by atoms with Crippen molar-refractivity contribution in [2.24, 2.45) is 0 Å². The summed E-state index contributed by atoms with van der Waals surface area (Å²) in [4.78, 5) is 56.4. The Morgan fingerprint density at radius 2 is 1.85 bits per heavy atom. The predicted molar refractivity (Wildman–Crippen MR) is 83.9 cm³/mol. The molecule has 2 rings (SSSR count). The predicted octanol–water partition coefficient (Wildman–Crippen LogP) is -3.38. The van der Waals surface area contributed by atoms with Gasteiger partial charge in [-0.3, -0.25) is 14.4 Å². The Labute approximate surface area is 146 Å². The van der Waals surface area contributed by atoms with Crippen molar-refractivity contribution < 1.29 is 34.5 Å². The SMILES string of the molecule is CC(=O)C(O)[C@H]1ON(n2ccc(N)nc2=O)[C@@](O)(C(C)=O)[C@@]1(O)C(C)=O. The van der Waals surface area contributed by atoms with Gasteiger partial charge in [-0.1, -0.05) is 0 Å². The van der Waals surface area contributed by atoms with Crippen LogP contribution in [0.1, 0.15) is 20.8 Å². The zero-order valence-corrected chi connectivity index (χ0v) is 14.1. The van der Waals surface area contributed by atoms with Crippen molar-refractivity contribution in [2.45, 2.75) is 44.3 Å². The molecule has 4 atom stereocenters. The molecular weight excluding hydrogens is 352 g/mol. The van der Waals surface area contributed by atoms with Gasteiger partial charge in [0.05, 0.1) is 0 Å². The zero-order chi connectivity index (χ0) is 20.0. The number of hydroxylamine groups is 1. The van der Waals surface area contributed by atoms with E-state index in [-0.39, 0.29) is 11.0 Å². The van der Waals surface area contributed by atoms with Crippen LogP contribution in [0.2, 0.25) is 0 Å². The molecule has 0 spiro atoms. The van der Waals surface area contributed by atoms with Gasteiger partial charge >= 0.3 is 5.69 Å². The number of nitrogens with zero attached hydrogens (tertiary/aromatic N) is 3. The second-order valence-electron chi connectivity index (χ2n) is 5.88. The number of aromatic nitrogens is 2. The maximum absolute atomic E-state index is 12.2. The molecule has 142 valence electrons. The van der Waals surface area contributed by atoms with Crippen molar-refractivity contribution >= 4 is 23.2 Å². The molecule has 0 amide bonds. The van der Waals surface area contributed by atoms with E-state index in [0.29, 0.717) is 4.68 Å². The van der Waals surface area contributed by atoms with Gasteiger partial charge in [0.2, 0.25) is 5.60 Å². The van der Waals surface area contributed by atoms with Crippen LogP contribution in [0, 0.1) is 0 Å². The second-order valence-corrected chi connectivity index (χ2v) is 5.88. The summed E-state index contributed by atoms with van der Waals surface area (Å²) in [5.41, 5.74) is -1.95. The third-order valence-corrected chi connectivity index (χ3v) is 4.17. The lowest BCUT2D eigenvalue weighted by atomic mass is 9.78. The molecule has 0 radical (unpaired) electrons. The molecule has 2 heterocycles. The van der Waals surface area contributed by atoms with Crippen molar-refractivity contribution in [3.63, 3.8) is 0 Å². The van der Waals surface area contributed by atoms with Crippen LogP contribution in [-0.4, -0.2) is 65.9 Å². The molecule has 5 N–H and O–H groups in total. The number of rotatable bonds is 5. The summed E-state index contributed by atoms with van der Waals surface area (Å²) in [5, 5.41) is 32.0. The summed E-state index contributed by atoms with van der Waals surface area (Å²) >= 11 is 0. The molecule has 0 aliphatic carbocycles. The standard InChI is InChI=1S/C14H18N4O8/c1-6(19)10(22)11-13(24,7(2)20)14(25,8(3)21)18(26-11)17-5-4-9(15)16-12(17)23/h4-5,10-11,22,24-25H,1-3H3,(H2,15,16,23)/t10?,11-,13-,14-/m1/s1. The largest absolute Gasteiger partial charge is 0.383 e. The molecule has 1 aliphatic heterocycles. The molecule has 1 aromatic rings. The lowest BCUT2D eigenvalue weighted by molar-refractivity contribution is -0.182. The van der Waals surface area contributed by atoms with E-state index in [1.54, 1.807) is 0 Å². The van der Waals surface area contributed by atoms with Crippen LogP contribution in [0.5, 0.6) is 0 Å². The second kappa shape index (κ2) is 6.25. The lowest BCUT2D eigenvalue weighted by Gasteiger charge is -2.37. The lowest BCUT2D eigenvalue weighted by Crippen LogP contribution is -2.71. The zero-order valence-electron chi connectivity index (χ0n) is 14.1. The van der Waals surface area contributed by atoms with Crippen LogP contribution in [0.4, 0.5) is 5.82 Å². The Kier molecular flexibility index (Phi) is 4.72. The molecule has 0 bridgehead atoms. The smallest absolute Gasteiger partial charge is 0.370 e. The van der Waals surface area contributed by atoms with Crippen LogP contribution in [0.3, 0.4) is 0 Å². The minimum Gasteiger partial charge on any atom is -0.383 e. The van der Waals surface area contributed by atoms with Gasteiger partial charge in [0.1, 0.15) is 11.9 Å². The normalized spacial score (nSPS) is 29.5. The van der Waals surface area contributed by atoms with E-state index in [2.05, 4.69) is 4.98 Å². The van der Waals surface area contributed by atoms with Crippen molar-refractivity contribution in [3.8, 4) is 0 Å². The van der Waals surface area contributed by atoms with Gasteiger partial charge in [-0.2, -0.15) is 9.66 Å². The fourth-order valence-corrected chi connectivity index (χ4v) is 2.71. The Morgan fingerprint density at radius 1 is 1.27 bits per heavy atom. The van der Waals surface area contributed by atoms with Crippen LogP contribution in [0.25, 0.3) is 0 Å².